The van der Waals surface area contributed by atoms with Gasteiger partial charge in [0.25, 0.3) is 0 Å². The van der Waals surface area contributed by atoms with E-state index in [-0.39, 0.29) is 12.2 Å². The maximum atomic E-state index is 11.6. The third-order valence-corrected chi connectivity index (χ3v) is 4.37. The van der Waals surface area contributed by atoms with Crippen molar-refractivity contribution in [3.63, 3.8) is 0 Å². The summed E-state index contributed by atoms with van der Waals surface area (Å²) in [6, 6.07) is 0. The first-order chi connectivity index (χ1) is 9.66. The zero-order chi connectivity index (χ0) is 14.4. The van der Waals surface area contributed by atoms with Gasteiger partial charge in [0.2, 0.25) is 0 Å². The van der Waals surface area contributed by atoms with E-state index in [1.54, 1.807) is 0 Å². The number of carboxylic acid groups (broad SMARTS) is 1. The average Bonchev–Trinajstić information content (AvgIpc) is 2.96. The average molecular weight is 285 g/mol. The minimum absolute atomic E-state index is 0.0356. The van der Waals surface area contributed by atoms with Crippen LogP contribution < -0.4 is 5.32 Å². The van der Waals surface area contributed by atoms with Crippen LogP contribution in [-0.2, 0) is 14.3 Å². The molecule has 1 saturated heterocycles. The highest BCUT2D eigenvalue weighted by molar-refractivity contribution is 5.79. The molecule has 2 aliphatic rings. The lowest BCUT2D eigenvalue weighted by molar-refractivity contribution is -0.149. The molecule has 2 fully saturated rings. The molecule has 3 atom stereocenters. The Bertz CT molecular complexity index is 317. The highest BCUT2D eigenvalue weighted by atomic mass is 16.5. The van der Waals surface area contributed by atoms with Crippen molar-refractivity contribution in [1.29, 1.82) is 0 Å². The van der Waals surface area contributed by atoms with E-state index >= 15 is 0 Å². The summed E-state index contributed by atoms with van der Waals surface area (Å²) in [5.41, 5.74) is -0.796. The molecule has 0 aromatic heterocycles. The van der Waals surface area contributed by atoms with Gasteiger partial charge >= 0.3 is 5.97 Å². The number of nitrogens with one attached hydrogen (secondary N) is 1. The van der Waals surface area contributed by atoms with Gasteiger partial charge in [-0.1, -0.05) is 6.92 Å². The van der Waals surface area contributed by atoms with Crippen LogP contribution >= 0.6 is 0 Å². The Labute approximate surface area is 121 Å². The van der Waals surface area contributed by atoms with Crippen molar-refractivity contribution in [3.8, 4) is 0 Å². The number of carbonyl (C=O) groups is 1. The molecule has 1 aliphatic heterocycles. The quantitative estimate of drug-likeness (QED) is 0.748. The van der Waals surface area contributed by atoms with Crippen LogP contribution in [-0.4, -0.2) is 48.6 Å². The van der Waals surface area contributed by atoms with Gasteiger partial charge in [-0.3, -0.25) is 4.79 Å². The van der Waals surface area contributed by atoms with Gasteiger partial charge in [-0.05, 0) is 45.1 Å². The first-order valence-electron chi connectivity index (χ1n) is 7.88. The molecule has 5 nitrogen and oxygen atoms in total. The van der Waals surface area contributed by atoms with Crippen molar-refractivity contribution in [2.24, 2.45) is 0 Å². The fourth-order valence-electron chi connectivity index (χ4n) is 3.18. The molecule has 0 aromatic rings. The van der Waals surface area contributed by atoms with Crippen molar-refractivity contribution < 1.29 is 19.4 Å². The third kappa shape index (κ3) is 3.93. The molecular formula is C15H27NO4. The maximum Gasteiger partial charge on any atom is 0.323 e. The van der Waals surface area contributed by atoms with E-state index in [4.69, 9.17) is 9.47 Å². The van der Waals surface area contributed by atoms with Crippen LogP contribution in [0.1, 0.15) is 51.9 Å². The normalized spacial score (nSPS) is 34.2. The lowest BCUT2D eigenvalue weighted by Crippen LogP contribution is -2.56. The van der Waals surface area contributed by atoms with Gasteiger partial charge < -0.3 is 19.9 Å². The lowest BCUT2D eigenvalue weighted by Gasteiger charge is -2.38. The highest BCUT2D eigenvalue weighted by Crippen LogP contribution is 2.31. The summed E-state index contributed by atoms with van der Waals surface area (Å²) in [4.78, 5) is 11.6. The monoisotopic (exact) mass is 285 g/mol. The molecule has 0 bridgehead atoms. The second kappa shape index (κ2) is 7.38. The Kier molecular flexibility index (Phi) is 5.81. The van der Waals surface area contributed by atoms with Crippen molar-refractivity contribution in [2.45, 2.75) is 69.6 Å². The van der Waals surface area contributed by atoms with E-state index in [9.17, 15) is 9.90 Å². The molecule has 0 amide bonds. The molecule has 3 unspecified atom stereocenters. The maximum absolute atomic E-state index is 11.6. The fraction of sp³-hybridized carbons (Fsp3) is 0.933. The van der Waals surface area contributed by atoms with Crippen LogP contribution in [0.4, 0.5) is 0 Å². The van der Waals surface area contributed by atoms with Crippen LogP contribution in [0.5, 0.6) is 0 Å². The van der Waals surface area contributed by atoms with Crippen molar-refractivity contribution in [1.82, 2.24) is 5.32 Å². The minimum atomic E-state index is -0.796. The molecule has 0 radical (unpaired) electrons. The second-order valence-electron chi connectivity index (χ2n) is 6.00. The summed E-state index contributed by atoms with van der Waals surface area (Å²) in [5.74, 6) is -0.739. The largest absolute Gasteiger partial charge is 0.480 e. The lowest BCUT2D eigenvalue weighted by atomic mass is 9.80. The summed E-state index contributed by atoms with van der Waals surface area (Å²) >= 11 is 0. The van der Waals surface area contributed by atoms with Gasteiger partial charge in [-0.25, -0.2) is 0 Å². The number of carboxylic acids is 1. The van der Waals surface area contributed by atoms with Crippen molar-refractivity contribution in [2.75, 3.05) is 19.8 Å². The Morgan fingerprint density at radius 3 is 2.95 bits per heavy atom. The number of hydrogen-bond acceptors (Lipinski definition) is 4. The van der Waals surface area contributed by atoms with Crippen LogP contribution in [0.15, 0.2) is 0 Å². The molecule has 1 saturated carbocycles. The van der Waals surface area contributed by atoms with Crippen molar-refractivity contribution in [3.05, 3.63) is 0 Å². The van der Waals surface area contributed by atoms with Crippen LogP contribution in [0.25, 0.3) is 0 Å². The zero-order valence-electron chi connectivity index (χ0n) is 12.4. The van der Waals surface area contributed by atoms with E-state index in [1.807, 2.05) is 0 Å². The van der Waals surface area contributed by atoms with E-state index in [1.165, 1.54) is 0 Å². The second-order valence-corrected chi connectivity index (χ2v) is 6.00. The summed E-state index contributed by atoms with van der Waals surface area (Å²) in [6.45, 7) is 4.23. The Morgan fingerprint density at radius 1 is 1.45 bits per heavy atom. The van der Waals surface area contributed by atoms with Crippen LogP contribution in [0.2, 0.25) is 0 Å². The van der Waals surface area contributed by atoms with Crippen LogP contribution in [0, 0.1) is 0 Å². The van der Waals surface area contributed by atoms with Gasteiger partial charge in [-0.15, -0.1) is 0 Å². The smallest absolute Gasteiger partial charge is 0.323 e. The van der Waals surface area contributed by atoms with Gasteiger partial charge in [0.1, 0.15) is 5.54 Å². The number of rotatable bonds is 7. The molecule has 1 heterocycles. The molecular weight excluding hydrogens is 258 g/mol. The zero-order valence-corrected chi connectivity index (χ0v) is 12.4. The number of aliphatic carboxylic acids is 1. The van der Waals surface area contributed by atoms with E-state index in [2.05, 4.69) is 12.2 Å². The molecule has 20 heavy (non-hydrogen) atoms. The molecule has 1 aliphatic carbocycles. The molecule has 0 aromatic carbocycles. The van der Waals surface area contributed by atoms with Crippen molar-refractivity contribution >= 4 is 5.97 Å². The molecule has 5 heteroatoms. The Balaban J connectivity index is 1.85. The SMILES string of the molecule is CCCNC1(C(=O)O)CCCC(OCC2CCCO2)C1. The molecule has 2 rings (SSSR count). The summed E-state index contributed by atoms with van der Waals surface area (Å²) in [5, 5.41) is 12.8. The molecule has 0 spiro atoms. The predicted octanol–water partition coefficient (Wildman–Crippen LogP) is 1.95. The first-order valence-corrected chi connectivity index (χ1v) is 7.88. The van der Waals surface area contributed by atoms with E-state index in [0.29, 0.717) is 19.4 Å². The Morgan fingerprint density at radius 2 is 2.30 bits per heavy atom. The summed E-state index contributed by atoms with van der Waals surface area (Å²) in [6.07, 6.45) is 6.47. The minimum Gasteiger partial charge on any atom is -0.480 e. The topological polar surface area (TPSA) is 67.8 Å². The summed E-state index contributed by atoms with van der Waals surface area (Å²) < 4.78 is 11.5. The van der Waals surface area contributed by atoms with Gasteiger partial charge in [0.05, 0.1) is 18.8 Å². The third-order valence-electron chi connectivity index (χ3n) is 4.37. The molecule has 2 N–H and O–H groups in total. The Hall–Kier alpha value is -0.650. The first kappa shape index (κ1) is 15.7. The molecule has 116 valence electrons. The number of ether oxygens (including phenoxy) is 2. The van der Waals surface area contributed by atoms with Crippen LogP contribution in [0.3, 0.4) is 0 Å². The van der Waals surface area contributed by atoms with E-state index in [0.717, 1.165) is 45.3 Å². The number of hydrogen-bond donors (Lipinski definition) is 2. The highest BCUT2D eigenvalue weighted by Gasteiger charge is 2.43. The van der Waals surface area contributed by atoms with Gasteiger partial charge in [0.15, 0.2) is 0 Å². The standard InChI is InChI=1S/C15H27NO4/c1-2-8-16-15(14(17)18)7-3-5-12(10-15)20-11-13-6-4-9-19-13/h12-13,16H,2-11H2,1H3,(H,17,18). The van der Waals surface area contributed by atoms with Gasteiger partial charge in [-0.2, -0.15) is 0 Å². The van der Waals surface area contributed by atoms with E-state index < -0.39 is 11.5 Å². The predicted molar refractivity (Wildman–Crippen MR) is 75.8 cm³/mol. The summed E-state index contributed by atoms with van der Waals surface area (Å²) in [7, 11) is 0. The fourth-order valence-corrected chi connectivity index (χ4v) is 3.18. The van der Waals surface area contributed by atoms with Gasteiger partial charge in [0, 0.05) is 13.0 Å².